The fourth-order valence-electron chi connectivity index (χ4n) is 4.85. The average molecular weight is 603 g/mol. The lowest BCUT2D eigenvalue weighted by molar-refractivity contribution is -0.129. The van der Waals surface area contributed by atoms with Crippen LogP contribution in [0.5, 0.6) is 0 Å². The number of benzene rings is 3. The number of halogens is 2. The number of rotatable bonds is 6. The molecule has 214 valence electrons. The van der Waals surface area contributed by atoms with Gasteiger partial charge in [-0.3, -0.25) is 14.4 Å². The highest BCUT2D eigenvalue weighted by atomic mass is 35.5. The first-order valence-corrected chi connectivity index (χ1v) is 14.2. The lowest BCUT2D eigenvalue weighted by atomic mass is 10.0. The molecule has 0 bridgehead atoms. The smallest absolute Gasteiger partial charge is 0.257 e. The molecule has 1 aliphatic heterocycles. The first-order valence-electron chi connectivity index (χ1n) is 13.4. The monoisotopic (exact) mass is 601 g/mol. The summed E-state index contributed by atoms with van der Waals surface area (Å²) < 4.78 is 0. The number of hydrogen-bond acceptors (Lipinski definition) is 5. The van der Waals surface area contributed by atoms with Crippen LogP contribution in [0.15, 0.2) is 78.9 Å². The zero-order chi connectivity index (χ0) is 29.8. The van der Waals surface area contributed by atoms with Gasteiger partial charge in [-0.1, -0.05) is 59.6 Å². The Morgan fingerprint density at radius 2 is 1.55 bits per heavy atom. The Hall–Kier alpha value is -4.40. The van der Waals surface area contributed by atoms with Gasteiger partial charge in [-0.05, 0) is 55.0 Å². The molecule has 0 aliphatic carbocycles. The highest BCUT2D eigenvalue weighted by molar-refractivity contribution is 6.34. The topological polar surface area (TPSA) is 94.6 Å². The van der Waals surface area contributed by atoms with E-state index in [9.17, 15) is 14.4 Å². The van der Waals surface area contributed by atoms with E-state index in [2.05, 4.69) is 15.5 Å². The van der Waals surface area contributed by atoms with Gasteiger partial charge >= 0.3 is 0 Å². The number of nitrogens with zero attached hydrogens (tertiary/aromatic N) is 3. The molecule has 0 atom stereocenters. The number of carbonyl (C=O) groups excluding carboxylic acids is 3. The van der Waals surface area contributed by atoms with Gasteiger partial charge in [0.05, 0.1) is 22.0 Å². The van der Waals surface area contributed by atoms with Gasteiger partial charge in [0, 0.05) is 54.9 Å². The van der Waals surface area contributed by atoms with E-state index in [-0.39, 0.29) is 17.7 Å². The van der Waals surface area contributed by atoms with Gasteiger partial charge in [0.2, 0.25) is 5.91 Å². The van der Waals surface area contributed by atoms with Crippen LogP contribution in [0.4, 0.5) is 17.2 Å². The number of piperazine rings is 1. The summed E-state index contributed by atoms with van der Waals surface area (Å²) in [5, 5.41) is 6.46. The molecule has 5 rings (SSSR count). The lowest BCUT2D eigenvalue weighted by Gasteiger charge is -2.36. The van der Waals surface area contributed by atoms with Crippen LogP contribution in [0.3, 0.4) is 0 Å². The summed E-state index contributed by atoms with van der Waals surface area (Å²) in [7, 11) is 0. The third kappa shape index (κ3) is 6.56. The summed E-state index contributed by atoms with van der Waals surface area (Å²) >= 11 is 12.4. The molecule has 1 saturated heterocycles. The highest BCUT2D eigenvalue weighted by Crippen LogP contribution is 2.33. The molecule has 3 amide bonds. The SMILES string of the molecule is CC(=O)N1CCN(c2nc(C)c(C(=O)Nc3ccc(Cl)c(NC(=O)c4cccc(Cl)c4)c3)cc2-c2ccccc2)CC1. The number of pyridine rings is 1. The maximum atomic E-state index is 13.6. The molecule has 0 unspecified atom stereocenters. The molecule has 2 N–H and O–H groups in total. The van der Waals surface area contributed by atoms with E-state index >= 15 is 0 Å². The Labute approximate surface area is 254 Å². The molecule has 0 saturated carbocycles. The molecule has 1 aliphatic rings. The van der Waals surface area contributed by atoms with Crippen LogP contribution in [0.25, 0.3) is 11.1 Å². The largest absolute Gasteiger partial charge is 0.353 e. The number of anilines is 3. The van der Waals surface area contributed by atoms with Crippen molar-refractivity contribution in [2.75, 3.05) is 41.7 Å². The van der Waals surface area contributed by atoms with Crippen molar-refractivity contribution in [3.05, 3.63) is 106 Å². The lowest BCUT2D eigenvalue weighted by Crippen LogP contribution is -2.48. The number of aromatic nitrogens is 1. The molecule has 1 aromatic heterocycles. The Bertz CT molecular complexity index is 1650. The standard InChI is InChI=1S/C32H29Cl2N5O3/c1-20-26(19-27(22-7-4-3-5-8-22)30(35-20)39-15-13-38(14-16-39)21(2)40)32(42)36-25-11-12-28(34)29(18-25)37-31(41)23-9-6-10-24(33)17-23/h3-12,17-19H,13-16H2,1-2H3,(H,36,42)(H,37,41). The summed E-state index contributed by atoms with van der Waals surface area (Å²) in [6, 6.07) is 23.1. The van der Waals surface area contributed by atoms with Gasteiger partial charge in [-0.25, -0.2) is 4.98 Å². The van der Waals surface area contributed by atoms with E-state index in [1.54, 1.807) is 56.3 Å². The zero-order valence-electron chi connectivity index (χ0n) is 23.2. The first kappa shape index (κ1) is 29.1. The molecule has 0 radical (unpaired) electrons. The minimum Gasteiger partial charge on any atom is -0.353 e. The second-order valence-corrected chi connectivity index (χ2v) is 10.8. The second-order valence-electron chi connectivity index (χ2n) is 9.96. The molecule has 3 aromatic carbocycles. The van der Waals surface area contributed by atoms with Crippen LogP contribution in [0, 0.1) is 6.92 Å². The van der Waals surface area contributed by atoms with Gasteiger partial charge in [-0.2, -0.15) is 0 Å². The Morgan fingerprint density at radius 3 is 2.24 bits per heavy atom. The van der Waals surface area contributed by atoms with E-state index in [1.165, 1.54) is 0 Å². The van der Waals surface area contributed by atoms with E-state index < -0.39 is 0 Å². The van der Waals surface area contributed by atoms with E-state index in [0.717, 1.165) is 16.9 Å². The van der Waals surface area contributed by atoms with Crippen molar-refractivity contribution in [1.29, 1.82) is 0 Å². The fourth-order valence-corrected chi connectivity index (χ4v) is 5.20. The van der Waals surface area contributed by atoms with Crippen molar-refractivity contribution >= 4 is 58.1 Å². The minimum absolute atomic E-state index is 0.0588. The summed E-state index contributed by atoms with van der Waals surface area (Å²) in [4.78, 5) is 47.0. The number of aryl methyl sites for hydroxylation is 1. The normalized spacial score (nSPS) is 13.0. The molecular formula is C32H29Cl2N5O3. The molecule has 42 heavy (non-hydrogen) atoms. The predicted molar refractivity (Wildman–Crippen MR) is 168 cm³/mol. The second kappa shape index (κ2) is 12.6. The van der Waals surface area contributed by atoms with Crippen LogP contribution in [-0.2, 0) is 4.79 Å². The van der Waals surface area contributed by atoms with Crippen molar-refractivity contribution in [3.8, 4) is 11.1 Å². The third-order valence-electron chi connectivity index (χ3n) is 7.11. The van der Waals surface area contributed by atoms with Gasteiger partial charge < -0.3 is 20.4 Å². The predicted octanol–water partition coefficient (Wildman–Crippen LogP) is 6.54. The van der Waals surface area contributed by atoms with E-state index in [4.69, 9.17) is 28.2 Å². The number of amides is 3. The average Bonchev–Trinajstić information content (AvgIpc) is 2.99. The maximum Gasteiger partial charge on any atom is 0.257 e. The van der Waals surface area contributed by atoms with E-state index in [1.807, 2.05) is 41.3 Å². The fraction of sp³-hybridized carbons (Fsp3) is 0.188. The van der Waals surface area contributed by atoms with Gasteiger partial charge in [0.15, 0.2) is 0 Å². The summed E-state index contributed by atoms with van der Waals surface area (Å²) in [6.45, 7) is 5.89. The third-order valence-corrected chi connectivity index (χ3v) is 7.67. The van der Waals surface area contributed by atoms with Gasteiger partial charge in [0.1, 0.15) is 5.82 Å². The molecule has 0 spiro atoms. The Morgan fingerprint density at radius 1 is 0.810 bits per heavy atom. The zero-order valence-corrected chi connectivity index (χ0v) is 24.7. The first-order chi connectivity index (χ1) is 20.2. The Balaban J connectivity index is 1.41. The number of hydrogen-bond donors (Lipinski definition) is 2. The Kier molecular flexibility index (Phi) is 8.75. The van der Waals surface area contributed by atoms with Gasteiger partial charge in [0.25, 0.3) is 11.8 Å². The molecule has 2 heterocycles. The van der Waals surface area contributed by atoms with E-state index in [0.29, 0.717) is 64.4 Å². The van der Waals surface area contributed by atoms with Crippen LogP contribution < -0.4 is 15.5 Å². The van der Waals surface area contributed by atoms with Crippen molar-refractivity contribution in [1.82, 2.24) is 9.88 Å². The summed E-state index contributed by atoms with van der Waals surface area (Å²) in [5.74, 6) is 0.106. The summed E-state index contributed by atoms with van der Waals surface area (Å²) in [5.41, 5.74) is 3.92. The quantitative estimate of drug-likeness (QED) is 0.262. The van der Waals surface area contributed by atoms with Crippen molar-refractivity contribution in [2.24, 2.45) is 0 Å². The molecular weight excluding hydrogens is 573 g/mol. The maximum absolute atomic E-state index is 13.6. The molecule has 10 heteroatoms. The highest BCUT2D eigenvalue weighted by Gasteiger charge is 2.24. The number of carbonyl (C=O) groups is 3. The minimum atomic E-state index is -0.379. The van der Waals surface area contributed by atoms with Crippen LogP contribution in [-0.4, -0.2) is 53.8 Å². The molecule has 4 aromatic rings. The van der Waals surface area contributed by atoms with Crippen LogP contribution in [0.2, 0.25) is 10.0 Å². The number of nitrogens with one attached hydrogen (secondary N) is 2. The van der Waals surface area contributed by atoms with Crippen molar-refractivity contribution in [3.63, 3.8) is 0 Å². The molecule has 8 nitrogen and oxygen atoms in total. The van der Waals surface area contributed by atoms with Crippen LogP contribution in [0.1, 0.15) is 33.3 Å². The van der Waals surface area contributed by atoms with Crippen molar-refractivity contribution in [2.45, 2.75) is 13.8 Å². The van der Waals surface area contributed by atoms with Crippen molar-refractivity contribution < 1.29 is 14.4 Å². The molecule has 1 fully saturated rings. The summed E-state index contributed by atoms with van der Waals surface area (Å²) in [6.07, 6.45) is 0. The van der Waals surface area contributed by atoms with Gasteiger partial charge in [-0.15, -0.1) is 0 Å². The van der Waals surface area contributed by atoms with Crippen LogP contribution >= 0.6 is 23.2 Å².